The average molecular weight is 359 g/mol. The van der Waals surface area contributed by atoms with Crippen LogP contribution in [0.3, 0.4) is 0 Å². The summed E-state index contributed by atoms with van der Waals surface area (Å²) in [6.45, 7) is 7.77. The molecule has 1 atom stereocenters. The SMILES string of the molecule is CC(C)CCCC(C)CCOc1ccc2ccc3cccc4ccc1c2c34. The van der Waals surface area contributed by atoms with E-state index >= 15 is 0 Å². The van der Waals surface area contributed by atoms with Gasteiger partial charge in [-0.2, -0.15) is 0 Å². The summed E-state index contributed by atoms with van der Waals surface area (Å²) in [6.07, 6.45) is 5.10. The van der Waals surface area contributed by atoms with E-state index in [1.807, 2.05) is 0 Å². The first-order valence-electron chi connectivity index (χ1n) is 10.4. The third kappa shape index (κ3) is 3.74. The minimum absolute atomic E-state index is 0.725. The molecule has 1 unspecified atom stereocenters. The molecular formula is C26H30O. The summed E-state index contributed by atoms with van der Waals surface area (Å²) in [7, 11) is 0. The first kappa shape index (κ1) is 18.1. The highest BCUT2D eigenvalue weighted by atomic mass is 16.5. The van der Waals surface area contributed by atoms with Crippen molar-refractivity contribution in [1.29, 1.82) is 0 Å². The maximum atomic E-state index is 6.26. The van der Waals surface area contributed by atoms with Gasteiger partial charge in [0.05, 0.1) is 6.61 Å². The van der Waals surface area contributed by atoms with Crippen LogP contribution in [0.4, 0.5) is 0 Å². The number of hydrogen-bond acceptors (Lipinski definition) is 1. The Balaban J connectivity index is 1.53. The van der Waals surface area contributed by atoms with Gasteiger partial charge in [0, 0.05) is 10.8 Å². The van der Waals surface area contributed by atoms with E-state index in [1.165, 1.54) is 51.6 Å². The maximum absolute atomic E-state index is 6.26. The fraction of sp³-hybridized carbons (Fsp3) is 0.385. The van der Waals surface area contributed by atoms with Crippen molar-refractivity contribution in [3.63, 3.8) is 0 Å². The van der Waals surface area contributed by atoms with Gasteiger partial charge in [-0.05, 0) is 51.9 Å². The standard InChI is InChI=1S/C26H30O/c1-18(2)6-4-7-19(3)16-17-27-24-15-13-22-11-10-20-8-5-9-21-12-14-23(24)26(22)25(20)21/h5,8-15,18-19H,4,6-7,16-17H2,1-3H3. The fourth-order valence-electron chi connectivity index (χ4n) is 4.22. The molecule has 0 saturated heterocycles. The minimum Gasteiger partial charge on any atom is -0.493 e. The number of hydrogen-bond donors (Lipinski definition) is 0. The van der Waals surface area contributed by atoms with Gasteiger partial charge in [-0.15, -0.1) is 0 Å². The molecule has 0 aliphatic rings. The fourth-order valence-corrected chi connectivity index (χ4v) is 4.22. The Kier molecular flexibility index (Phi) is 5.20. The highest BCUT2D eigenvalue weighted by Gasteiger charge is 2.12. The van der Waals surface area contributed by atoms with Crippen molar-refractivity contribution in [3.8, 4) is 5.75 Å². The Morgan fingerprint density at radius 3 is 2.11 bits per heavy atom. The second-order valence-corrected chi connectivity index (χ2v) is 8.49. The molecule has 0 radical (unpaired) electrons. The largest absolute Gasteiger partial charge is 0.493 e. The van der Waals surface area contributed by atoms with Gasteiger partial charge in [-0.25, -0.2) is 0 Å². The molecule has 0 spiro atoms. The molecule has 4 aromatic carbocycles. The zero-order valence-corrected chi connectivity index (χ0v) is 16.8. The molecule has 140 valence electrons. The first-order chi connectivity index (χ1) is 13.1. The molecule has 0 saturated carbocycles. The smallest absolute Gasteiger partial charge is 0.127 e. The van der Waals surface area contributed by atoms with Crippen molar-refractivity contribution in [2.24, 2.45) is 11.8 Å². The van der Waals surface area contributed by atoms with Crippen LogP contribution in [0.25, 0.3) is 32.3 Å². The van der Waals surface area contributed by atoms with Crippen LogP contribution in [0.5, 0.6) is 5.75 Å². The van der Waals surface area contributed by atoms with E-state index in [0.29, 0.717) is 0 Å². The Morgan fingerprint density at radius 1 is 0.704 bits per heavy atom. The second kappa shape index (κ2) is 7.76. The van der Waals surface area contributed by atoms with Gasteiger partial charge in [0.1, 0.15) is 5.75 Å². The highest BCUT2D eigenvalue weighted by molar-refractivity contribution is 6.24. The van der Waals surface area contributed by atoms with E-state index in [2.05, 4.69) is 75.4 Å². The summed E-state index contributed by atoms with van der Waals surface area (Å²) in [4.78, 5) is 0. The Hall–Kier alpha value is -2.28. The summed E-state index contributed by atoms with van der Waals surface area (Å²) in [6, 6.07) is 19.8. The van der Waals surface area contributed by atoms with Crippen LogP contribution in [-0.4, -0.2) is 6.61 Å². The van der Waals surface area contributed by atoms with Gasteiger partial charge < -0.3 is 4.74 Å². The van der Waals surface area contributed by atoms with Gasteiger partial charge in [-0.1, -0.05) is 82.5 Å². The van der Waals surface area contributed by atoms with E-state index in [9.17, 15) is 0 Å². The van der Waals surface area contributed by atoms with E-state index < -0.39 is 0 Å². The molecule has 0 fully saturated rings. The lowest BCUT2D eigenvalue weighted by Gasteiger charge is -2.16. The van der Waals surface area contributed by atoms with Crippen LogP contribution in [0.15, 0.2) is 54.6 Å². The van der Waals surface area contributed by atoms with Crippen molar-refractivity contribution < 1.29 is 4.74 Å². The molecule has 27 heavy (non-hydrogen) atoms. The summed E-state index contributed by atoms with van der Waals surface area (Å²) >= 11 is 0. The number of rotatable bonds is 8. The quantitative estimate of drug-likeness (QED) is 0.292. The molecule has 0 heterocycles. The van der Waals surface area contributed by atoms with Crippen molar-refractivity contribution in [3.05, 3.63) is 54.6 Å². The molecule has 0 aromatic heterocycles. The zero-order valence-electron chi connectivity index (χ0n) is 16.8. The number of ether oxygens (including phenoxy) is 1. The van der Waals surface area contributed by atoms with Gasteiger partial charge in [0.2, 0.25) is 0 Å². The van der Waals surface area contributed by atoms with Crippen molar-refractivity contribution >= 4 is 32.3 Å². The monoisotopic (exact) mass is 358 g/mol. The molecule has 1 heteroatoms. The molecular weight excluding hydrogens is 328 g/mol. The molecule has 4 aromatic rings. The second-order valence-electron chi connectivity index (χ2n) is 8.49. The van der Waals surface area contributed by atoms with Gasteiger partial charge in [0.25, 0.3) is 0 Å². The van der Waals surface area contributed by atoms with Crippen LogP contribution >= 0.6 is 0 Å². The molecule has 0 aliphatic heterocycles. The Labute approximate surface area is 162 Å². The predicted octanol–water partition coefficient (Wildman–Crippen LogP) is 7.82. The van der Waals surface area contributed by atoms with Crippen LogP contribution in [0.2, 0.25) is 0 Å². The topological polar surface area (TPSA) is 9.23 Å². The Morgan fingerprint density at radius 2 is 1.37 bits per heavy atom. The maximum Gasteiger partial charge on any atom is 0.127 e. The third-order valence-electron chi connectivity index (χ3n) is 5.84. The lowest BCUT2D eigenvalue weighted by Crippen LogP contribution is -2.05. The molecule has 4 rings (SSSR count). The summed E-state index contributed by atoms with van der Waals surface area (Å²) in [5.74, 6) is 2.56. The van der Waals surface area contributed by atoms with Crippen LogP contribution < -0.4 is 4.74 Å². The molecule has 1 nitrogen and oxygen atoms in total. The normalized spacial score (nSPS) is 13.2. The average Bonchev–Trinajstić information content (AvgIpc) is 2.66. The minimum atomic E-state index is 0.725. The van der Waals surface area contributed by atoms with Crippen molar-refractivity contribution in [2.45, 2.75) is 46.5 Å². The molecule has 0 aliphatic carbocycles. The Bertz CT molecular complexity index is 1010. The summed E-state index contributed by atoms with van der Waals surface area (Å²) in [5, 5.41) is 7.85. The van der Waals surface area contributed by atoms with Crippen LogP contribution in [-0.2, 0) is 0 Å². The van der Waals surface area contributed by atoms with Crippen LogP contribution in [0.1, 0.15) is 46.5 Å². The summed E-state index contributed by atoms with van der Waals surface area (Å²) in [5.41, 5.74) is 0. The van der Waals surface area contributed by atoms with Crippen molar-refractivity contribution in [1.82, 2.24) is 0 Å². The predicted molar refractivity (Wildman–Crippen MR) is 118 cm³/mol. The van der Waals surface area contributed by atoms with Crippen molar-refractivity contribution in [2.75, 3.05) is 6.61 Å². The molecule has 0 N–H and O–H groups in total. The van der Waals surface area contributed by atoms with Gasteiger partial charge >= 0.3 is 0 Å². The first-order valence-corrected chi connectivity index (χ1v) is 10.4. The third-order valence-corrected chi connectivity index (χ3v) is 5.84. The molecule has 0 bridgehead atoms. The molecule has 0 amide bonds. The van der Waals surface area contributed by atoms with E-state index in [-0.39, 0.29) is 0 Å². The zero-order chi connectivity index (χ0) is 18.8. The van der Waals surface area contributed by atoms with Gasteiger partial charge in [0.15, 0.2) is 0 Å². The lowest BCUT2D eigenvalue weighted by molar-refractivity contribution is 0.278. The van der Waals surface area contributed by atoms with Gasteiger partial charge in [-0.3, -0.25) is 0 Å². The van der Waals surface area contributed by atoms with E-state index in [4.69, 9.17) is 4.74 Å². The van der Waals surface area contributed by atoms with E-state index in [0.717, 1.165) is 30.6 Å². The lowest BCUT2D eigenvalue weighted by atomic mass is 9.94. The van der Waals surface area contributed by atoms with E-state index in [1.54, 1.807) is 0 Å². The summed E-state index contributed by atoms with van der Waals surface area (Å²) < 4.78 is 6.26. The highest BCUT2D eigenvalue weighted by Crippen LogP contribution is 2.38. The number of benzene rings is 4. The van der Waals surface area contributed by atoms with Crippen LogP contribution in [0, 0.1) is 11.8 Å².